The topological polar surface area (TPSA) is 42.2 Å². The third kappa shape index (κ3) is 3.78. The van der Waals surface area contributed by atoms with Crippen LogP contribution in [0.1, 0.15) is 42.2 Å². The molecule has 4 rings (SSSR count). The number of aryl methyl sites for hydroxylation is 1. The molecule has 0 unspecified atom stereocenters. The van der Waals surface area contributed by atoms with E-state index in [0.717, 1.165) is 17.7 Å². The molecule has 0 atom stereocenters. The largest absolute Gasteiger partial charge is 0.424 e. The van der Waals surface area contributed by atoms with E-state index in [4.69, 9.17) is 4.42 Å². The summed E-state index contributed by atoms with van der Waals surface area (Å²) in [5.74, 6) is 1.19. The van der Waals surface area contributed by atoms with Gasteiger partial charge in [-0.25, -0.2) is 0 Å². The zero-order valence-electron chi connectivity index (χ0n) is 16.4. The first-order valence-corrected chi connectivity index (χ1v) is 10.1. The number of likely N-dealkylation sites (tertiary alicyclic amines) is 1. The average Bonchev–Trinajstić information content (AvgIpc) is 3.20. The van der Waals surface area contributed by atoms with Crippen LogP contribution in [0, 0.1) is 6.92 Å². The van der Waals surface area contributed by atoms with Crippen LogP contribution in [0.15, 0.2) is 77.2 Å². The molecule has 0 spiro atoms. The standard InChI is InChI=1S/C24H27N3O/c1-20-25-26-23(28-20)24(21-12-5-2-6-13-21,22-14-7-3-8-15-22)16-11-19-27-17-9-4-10-18-27/h2-3,5-8,11-16H,4,9-10,17-19H2,1H3/b16-11+. The van der Waals surface area contributed by atoms with Crippen molar-refractivity contribution in [2.75, 3.05) is 19.6 Å². The molecule has 1 aliphatic heterocycles. The molecule has 144 valence electrons. The van der Waals surface area contributed by atoms with Crippen LogP contribution in [0.2, 0.25) is 0 Å². The Bertz CT molecular complexity index is 856. The first-order chi connectivity index (χ1) is 13.8. The van der Waals surface area contributed by atoms with E-state index >= 15 is 0 Å². The van der Waals surface area contributed by atoms with Gasteiger partial charge in [0.2, 0.25) is 11.8 Å². The van der Waals surface area contributed by atoms with E-state index in [0.29, 0.717) is 11.8 Å². The number of aromatic nitrogens is 2. The Morgan fingerprint density at radius 3 is 2.04 bits per heavy atom. The molecule has 0 bridgehead atoms. The van der Waals surface area contributed by atoms with Gasteiger partial charge in [-0.15, -0.1) is 10.2 Å². The maximum Gasteiger partial charge on any atom is 0.235 e. The summed E-state index contributed by atoms with van der Waals surface area (Å²) in [5.41, 5.74) is 1.65. The van der Waals surface area contributed by atoms with Gasteiger partial charge >= 0.3 is 0 Å². The Kier molecular flexibility index (Phi) is 5.68. The van der Waals surface area contributed by atoms with E-state index in [1.165, 1.54) is 32.4 Å². The molecule has 4 nitrogen and oxygen atoms in total. The second-order valence-corrected chi connectivity index (χ2v) is 7.43. The fourth-order valence-corrected chi connectivity index (χ4v) is 4.06. The Hall–Kier alpha value is -2.72. The quantitative estimate of drug-likeness (QED) is 0.585. The Morgan fingerprint density at radius 2 is 1.50 bits per heavy atom. The summed E-state index contributed by atoms with van der Waals surface area (Å²) in [6.07, 6.45) is 8.45. The fourth-order valence-electron chi connectivity index (χ4n) is 4.06. The van der Waals surface area contributed by atoms with Gasteiger partial charge in [0.15, 0.2) is 0 Å². The molecule has 1 fully saturated rings. The highest BCUT2D eigenvalue weighted by atomic mass is 16.4. The van der Waals surface area contributed by atoms with Gasteiger partial charge in [-0.05, 0) is 37.1 Å². The number of hydrogen-bond donors (Lipinski definition) is 0. The highest BCUT2D eigenvalue weighted by Crippen LogP contribution is 2.39. The highest BCUT2D eigenvalue weighted by Gasteiger charge is 2.39. The molecule has 3 aromatic rings. The Labute approximate surface area is 166 Å². The van der Waals surface area contributed by atoms with Crippen molar-refractivity contribution >= 4 is 0 Å². The molecule has 0 radical (unpaired) electrons. The van der Waals surface area contributed by atoms with Crippen molar-refractivity contribution in [1.82, 2.24) is 15.1 Å². The molecule has 1 saturated heterocycles. The van der Waals surface area contributed by atoms with Crippen molar-refractivity contribution in [3.63, 3.8) is 0 Å². The van der Waals surface area contributed by atoms with Crippen LogP contribution >= 0.6 is 0 Å². The van der Waals surface area contributed by atoms with E-state index in [1.807, 2.05) is 19.1 Å². The molecule has 1 aromatic heterocycles. The van der Waals surface area contributed by atoms with Gasteiger partial charge in [-0.1, -0.05) is 79.2 Å². The molecule has 0 aliphatic carbocycles. The lowest BCUT2D eigenvalue weighted by atomic mass is 9.74. The monoisotopic (exact) mass is 373 g/mol. The van der Waals surface area contributed by atoms with Crippen molar-refractivity contribution in [3.8, 4) is 0 Å². The third-order valence-electron chi connectivity index (χ3n) is 5.50. The van der Waals surface area contributed by atoms with E-state index < -0.39 is 5.41 Å². The first-order valence-electron chi connectivity index (χ1n) is 10.1. The fraction of sp³-hybridized carbons (Fsp3) is 0.333. The SMILES string of the molecule is Cc1nnc(C(/C=C/CN2CCCCC2)(c2ccccc2)c2ccccc2)o1. The lowest BCUT2D eigenvalue weighted by Crippen LogP contribution is -2.31. The number of allylic oxidation sites excluding steroid dienone is 1. The lowest BCUT2D eigenvalue weighted by molar-refractivity contribution is 0.251. The summed E-state index contributed by atoms with van der Waals surface area (Å²) >= 11 is 0. The normalized spacial score (nSPS) is 15.9. The van der Waals surface area contributed by atoms with Crippen molar-refractivity contribution in [2.45, 2.75) is 31.6 Å². The number of hydrogen-bond acceptors (Lipinski definition) is 4. The molecule has 2 aromatic carbocycles. The second-order valence-electron chi connectivity index (χ2n) is 7.43. The minimum absolute atomic E-state index is 0.579. The van der Waals surface area contributed by atoms with Gasteiger partial charge < -0.3 is 4.42 Å². The van der Waals surface area contributed by atoms with Crippen LogP contribution in [0.25, 0.3) is 0 Å². The summed E-state index contributed by atoms with van der Waals surface area (Å²) < 4.78 is 6.01. The predicted molar refractivity (Wildman–Crippen MR) is 111 cm³/mol. The Balaban J connectivity index is 1.80. The predicted octanol–water partition coefficient (Wildman–Crippen LogP) is 4.75. The maximum absolute atomic E-state index is 6.01. The molecule has 1 aliphatic rings. The van der Waals surface area contributed by atoms with Gasteiger partial charge in [-0.3, -0.25) is 4.90 Å². The summed E-state index contributed by atoms with van der Waals surface area (Å²) in [6.45, 7) is 5.13. The van der Waals surface area contributed by atoms with Crippen molar-refractivity contribution in [2.24, 2.45) is 0 Å². The molecule has 0 N–H and O–H groups in total. The smallest absolute Gasteiger partial charge is 0.235 e. The molecule has 0 saturated carbocycles. The number of benzene rings is 2. The Morgan fingerprint density at radius 1 is 0.893 bits per heavy atom. The third-order valence-corrected chi connectivity index (χ3v) is 5.50. The maximum atomic E-state index is 6.01. The highest BCUT2D eigenvalue weighted by molar-refractivity contribution is 5.50. The van der Waals surface area contributed by atoms with Crippen molar-refractivity contribution in [1.29, 1.82) is 0 Å². The average molecular weight is 374 g/mol. The molecule has 28 heavy (non-hydrogen) atoms. The molecular formula is C24H27N3O. The van der Waals surface area contributed by atoms with Crippen LogP contribution < -0.4 is 0 Å². The van der Waals surface area contributed by atoms with Gasteiger partial charge in [0, 0.05) is 13.5 Å². The molecule has 4 heteroatoms. The minimum atomic E-state index is -0.598. The summed E-state index contributed by atoms with van der Waals surface area (Å²) in [7, 11) is 0. The minimum Gasteiger partial charge on any atom is -0.424 e. The lowest BCUT2D eigenvalue weighted by Gasteiger charge is -2.30. The van der Waals surface area contributed by atoms with Gasteiger partial charge in [0.1, 0.15) is 5.41 Å². The van der Waals surface area contributed by atoms with Gasteiger partial charge in [0.05, 0.1) is 0 Å². The van der Waals surface area contributed by atoms with Gasteiger partial charge in [0.25, 0.3) is 0 Å². The van der Waals surface area contributed by atoms with Crippen LogP contribution in [-0.2, 0) is 5.41 Å². The zero-order chi connectivity index (χ0) is 19.2. The van der Waals surface area contributed by atoms with Crippen molar-refractivity contribution < 1.29 is 4.42 Å². The van der Waals surface area contributed by atoms with E-state index in [-0.39, 0.29) is 0 Å². The van der Waals surface area contributed by atoms with E-state index in [9.17, 15) is 0 Å². The van der Waals surface area contributed by atoms with Crippen LogP contribution in [-0.4, -0.2) is 34.7 Å². The summed E-state index contributed by atoms with van der Waals surface area (Å²) in [4.78, 5) is 2.51. The second kappa shape index (κ2) is 8.53. The van der Waals surface area contributed by atoms with Gasteiger partial charge in [-0.2, -0.15) is 0 Å². The summed E-state index contributed by atoms with van der Waals surface area (Å²) in [5, 5.41) is 8.60. The van der Waals surface area contributed by atoms with Crippen LogP contribution in [0.5, 0.6) is 0 Å². The molecule has 0 amide bonds. The molecule has 2 heterocycles. The molecular weight excluding hydrogens is 346 g/mol. The van der Waals surface area contributed by atoms with Crippen molar-refractivity contribution in [3.05, 3.63) is 95.7 Å². The first kappa shape index (κ1) is 18.6. The zero-order valence-corrected chi connectivity index (χ0v) is 16.4. The van der Waals surface area contributed by atoms with E-state index in [1.54, 1.807) is 0 Å². The van der Waals surface area contributed by atoms with E-state index in [2.05, 4.69) is 75.8 Å². The van der Waals surface area contributed by atoms with Crippen LogP contribution in [0.3, 0.4) is 0 Å². The number of piperidine rings is 1. The summed E-state index contributed by atoms with van der Waals surface area (Å²) in [6, 6.07) is 20.9. The van der Waals surface area contributed by atoms with Crippen LogP contribution in [0.4, 0.5) is 0 Å². The number of nitrogens with zero attached hydrogens (tertiary/aromatic N) is 3. The number of rotatable bonds is 6.